The number of unbranched alkanes of at least 4 members (excludes halogenated alkanes) is 1. The highest BCUT2D eigenvalue weighted by atomic mass is 15.0. The fourth-order valence-corrected chi connectivity index (χ4v) is 3.50. The first-order chi connectivity index (χ1) is 9.74. The maximum atomic E-state index is 3.91. The molecule has 0 amide bonds. The molecule has 1 aliphatic carbocycles. The molecule has 1 aromatic rings. The van der Waals surface area contributed by atoms with E-state index in [2.05, 4.69) is 50.4 Å². The molecule has 0 saturated heterocycles. The largest absolute Gasteiger partial charge is 0.311 e. The molecule has 0 spiro atoms. The summed E-state index contributed by atoms with van der Waals surface area (Å²) in [6.45, 7) is 6.84. The van der Waals surface area contributed by atoms with Crippen LogP contribution >= 0.6 is 0 Å². The van der Waals surface area contributed by atoms with E-state index >= 15 is 0 Å². The fraction of sp³-hybridized carbons (Fsp3) is 0.684. The zero-order valence-corrected chi connectivity index (χ0v) is 13.5. The molecule has 1 fully saturated rings. The SMILES string of the molecule is CCCCC(CCC)NC1CC(c2ccccc2C)C1. The van der Waals surface area contributed by atoms with Crippen molar-refractivity contribution >= 4 is 0 Å². The van der Waals surface area contributed by atoms with Crippen molar-refractivity contribution in [2.45, 2.75) is 83.7 Å². The minimum absolute atomic E-state index is 0.753. The third-order valence-electron chi connectivity index (χ3n) is 4.78. The lowest BCUT2D eigenvalue weighted by Gasteiger charge is -2.39. The molecule has 0 bridgehead atoms. The first kappa shape index (κ1) is 15.6. The van der Waals surface area contributed by atoms with E-state index in [0.29, 0.717) is 0 Å². The van der Waals surface area contributed by atoms with Crippen LogP contribution in [0.5, 0.6) is 0 Å². The van der Waals surface area contributed by atoms with Crippen molar-refractivity contribution in [2.75, 3.05) is 0 Å². The number of hydrogen-bond acceptors (Lipinski definition) is 1. The zero-order chi connectivity index (χ0) is 14.4. The average molecular weight is 273 g/mol. The normalized spacial score (nSPS) is 23.4. The lowest BCUT2D eigenvalue weighted by atomic mass is 9.74. The summed E-state index contributed by atoms with van der Waals surface area (Å²) in [6, 6.07) is 10.4. The van der Waals surface area contributed by atoms with Gasteiger partial charge in [0.25, 0.3) is 0 Å². The van der Waals surface area contributed by atoms with Crippen molar-refractivity contribution < 1.29 is 0 Å². The summed E-state index contributed by atoms with van der Waals surface area (Å²) in [5, 5.41) is 3.91. The molecule has 0 aromatic heterocycles. The van der Waals surface area contributed by atoms with Gasteiger partial charge in [0.1, 0.15) is 0 Å². The summed E-state index contributed by atoms with van der Waals surface area (Å²) in [4.78, 5) is 0. The smallest absolute Gasteiger partial charge is 0.00813 e. The minimum Gasteiger partial charge on any atom is -0.311 e. The summed E-state index contributed by atoms with van der Waals surface area (Å²) in [5.41, 5.74) is 3.04. The maximum absolute atomic E-state index is 3.91. The molecule has 1 heteroatoms. The van der Waals surface area contributed by atoms with Gasteiger partial charge in [-0.3, -0.25) is 0 Å². The average Bonchev–Trinajstić information content (AvgIpc) is 2.40. The van der Waals surface area contributed by atoms with Gasteiger partial charge in [0.15, 0.2) is 0 Å². The number of benzene rings is 1. The summed E-state index contributed by atoms with van der Waals surface area (Å²) >= 11 is 0. The van der Waals surface area contributed by atoms with Gasteiger partial charge in [-0.1, -0.05) is 57.4 Å². The maximum Gasteiger partial charge on any atom is 0.00813 e. The van der Waals surface area contributed by atoms with Crippen molar-refractivity contribution in [3.8, 4) is 0 Å². The Hall–Kier alpha value is -0.820. The van der Waals surface area contributed by atoms with Gasteiger partial charge in [-0.15, -0.1) is 0 Å². The predicted molar refractivity (Wildman–Crippen MR) is 88.3 cm³/mol. The third kappa shape index (κ3) is 4.09. The van der Waals surface area contributed by atoms with Gasteiger partial charge in [0.2, 0.25) is 0 Å². The van der Waals surface area contributed by atoms with E-state index in [-0.39, 0.29) is 0 Å². The van der Waals surface area contributed by atoms with Crippen molar-refractivity contribution in [3.63, 3.8) is 0 Å². The Labute approximate surface area is 125 Å². The quantitative estimate of drug-likeness (QED) is 0.687. The lowest BCUT2D eigenvalue weighted by Crippen LogP contribution is -2.45. The summed E-state index contributed by atoms with van der Waals surface area (Å²) in [7, 11) is 0. The van der Waals surface area contributed by atoms with Gasteiger partial charge in [0, 0.05) is 12.1 Å². The number of rotatable bonds is 8. The van der Waals surface area contributed by atoms with E-state index in [0.717, 1.165) is 18.0 Å². The van der Waals surface area contributed by atoms with Crippen LogP contribution in [0.15, 0.2) is 24.3 Å². The highest BCUT2D eigenvalue weighted by molar-refractivity contribution is 5.31. The third-order valence-corrected chi connectivity index (χ3v) is 4.78. The summed E-state index contributed by atoms with van der Waals surface area (Å²) in [5.74, 6) is 0.794. The van der Waals surface area contributed by atoms with Crippen LogP contribution in [-0.4, -0.2) is 12.1 Å². The second-order valence-corrected chi connectivity index (χ2v) is 6.52. The molecule has 1 N–H and O–H groups in total. The molecule has 1 saturated carbocycles. The Bertz CT molecular complexity index is 393. The molecule has 1 unspecified atom stereocenters. The molecule has 0 aliphatic heterocycles. The molecule has 112 valence electrons. The van der Waals surface area contributed by atoms with Crippen LogP contribution in [0.2, 0.25) is 0 Å². The topological polar surface area (TPSA) is 12.0 Å². The molecule has 20 heavy (non-hydrogen) atoms. The first-order valence-electron chi connectivity index (χ1n) is 8.56. The van der Waals surface area contributed by atoms with Crippen LogP contribution < -0.4 is 5.32 Å². The van der Waals surface area contributed by atoms with Crippen LogP contribution in [0.3, 0.4) is 0 Å². The first-order valence-corrected chi connectivity index (χ1v) is 8.56. The predicted octanol–water partition coefficient (Wildman–Crippen LogP) is 5.19. The van der Waals surface area contributed by atoms with E-state index in [1.807, 2.05) is 0 Å². The standard InChI is InChI=1S/C19H31N/c1-4-6-11-17(9-5-2)20-18-13-16(14-18)19-12-8-7-10-15(19)3/h7-8,10,12,16-18,20H,4-6,9,11,13-14H2,1-3H3. The lowest BCUT2D eigenvalue weighted by molar-refractivity contribution is 0.250. The van der Waals surface area contributed by atoms with Crippen molar-refractivity contribution in [1.29, 1.82) is 0 Å². The van der Waals surface area contributed by atoms with Crippen molar-refractivity contribution in [3.05, 3.63) is 35.4 Å². The summed E-state index contributed by atoms with van der Waals surface area (Å²) < 4.78 is 0. The number of aryl methyl sites for hydroxylation is 1. The zero-order valence-electron chi connectivity index (χ0n) is 13.5. The Kier molecular flexibility index (Phi) is 6.09. The van der Waals surface area contributed by atoms with Gasteiger partial charge < -0.3 is 5.32 Å². The van der Waals surface area contributed by atoms with Crippen LogP contribution in [0.25, 0.3) is 0 Å². The van der Waals surface area contributed by atoms with Gasteiger partial charge in [-0.25, -0.2) is 0 Å². The molecular formula is C19H31N. The minimum atomic E-state index is 0.753. The highest BCUT2D eigenvalue weighted by Crippen LogP contribution is 2.38. The van der Waals surface area contributed by atoms with Gasteiger partial charge >= 0.3 is 0 Å². The Morgan fingerprint density at radius 2 is 1.85 bits per heavy atom. The molecule has 0 heterocycles. The van der Waals surface area contributed by atoms with Crippen molar-refractivity contribution in [2.24, 2.45) is 0 Å². The van der Waals surface area contributed by atoms with Gasteiger partial charge in [0.05, 0.1) is 0 Å². The fourth-order valence-electron chi connectivity index (χ4n) is 3.50. The molecular weight excluding hydrogens is 242 g/mol. The van der Waals surface area contributed by atoms with Crippen LogP contribution in [0, 0.1) is 6.92 Å². The van der Waals surface area contributed by atoms with Gasteiger partial charge in [-0.2, -0.15) is 0 Å². The van der Waals surface area contributed by atoms with E-state index < -0.39 is 0 Å². The summed E-state index contributed by atoms with van der Waals surface area (Å²) in [6.07, 6.45) is 9.34. The second-order valence-electron chi connectivity index (χ2n) is 6.52. The Morgan fingerprint density at radius 3 is 2.50 bits per heavy atom. The Morgan fingerprint density at radius 1 is 1.10 bits per heavy atom. The molecule has 1 nitrogen and oxygen atoms in total. The van der Waals surface area contributed by atoms with Crippen LogP contribution in [-0.2, 0) is 0 Å². The van der Waals surface area contributed by atoms with E-state index in [9.17, 15) is 0 Å². The molecule has 1 aliphatic rings. The number of nitrogens with one attached hydrogen (secondary N) is 1. The van der Waals surface area contributed by atoms with Crippen LogP contribution in [0.1, 0.15) is 75.8 Å². The second kappa shape index (κ2) is 7.83. The number of hydrogen-bond donors (Lipinski definition) is 1. The molecule has 1 atom stereocenters. The monoisotopic (exact) mass is 273 g/mol. The van der Waals surface area contributed by atoms with E-state index in [4.69, 9.17) is 0 Å². The van der Waals surface area contributed by atoms with Crippen LogP contribution in [0.4, 0.5) is 0 Å². The highest BCUT2D eigenvalue weighted by Gasteiger charge is 2.31. The molecule has 0 radical (unpaired) electrons. The van der Waals surface area contributed by atoms with Gasteiger partial charge in [-0.05, 0) is 49.7 Å². The Balaban J connectivity index is 1.79. The molecule has 1 aromatic carbocycles. The molecule has 2 rings (SSSR count). The van der Waals surface area contributed by atoms with Crippen molar-refractivity contribution in [1.82, 2.24) is 5.32 Å². The van der Waals surface area contributed by atoms with E-state index in [1.54, 1.807) is 5.56 Å². The van der Waals surface area contributed by atoms with E-state index in [1.165, 1.54) is 50.5 Å².